The SMILES string of the molecule is O=C(Nn1c(=O)[nH]c2c(Cl)cccc2c1=O)c1cc2cc(Cl)ccc2[nH]1. The Morgan fingerprint density at radius 1 is 1.04 bits per heavy atom. The van der Waals surface area contributed by atoms with Crippen LogP contribution in [0.25, 0.3) is 21.8 Å². The van der Waals surface area contributed by atoms with Crippen LogP contribution in [0.15, 0.2) is 52.1 Å². The number of aromatic nitrogens is 3. The fraction of sp³-hybridized carbons (Fsp3) is 0. The third-order valence-electron chi connectivity index (χ3n) is 3.92. The van der Waals surface area contributed by atoms with E-state index in [1.165, 1.54) is 6.07 Å². The lowest BCUT2D eigenvalue weighted by Crippen LogP contribution is -2.43. The van der Waals surface area contributed by atoms with Gasteiger partial charge in [-0.3, -0.25) is 15.0 Å². The van der Waals surface area contributed by atoms with Crippen molar-refractivity contribution in [3.05, 3.63) is 79.0 Å². The molecule has 3 N–H and O–H groups in total. The second-order valence-electron chi connectivity index (χ2n) is 5.59. The average molecular weight is 389 g/mol. The number of para-hydroxylation sites is 1. The van der Waals surface area contributed by atoms with Gasteiger partial charge in [0.15, 0.2) is 0 Å². The molecule has 0 aliphatic heterocycles. The molecule has 7 nitrogen and oxygen atoms in total. The molecule has 26 heavy (non-hydrogen) atoms. The third kappa shape index (κ3) is 2.67. The van der Waals surface area contributed by atoms with E-state index in [9.17, 15) is 14.4 Å². The summed E-state index contributed by atoms with van der Waals surface area (Å²) in [6.45, 7) is 0. The number of nitrogens with one attached hydrogen (secondary N) is 3. The lowest BCUT2D eigenvalue weighted by atomic mass is 10.2. The van der Waals surface area contributed by atoms with Crippen LogP contribution in [-0.4, -0.2) is 20.6 Å². The molecule has 4 rings (SSSR count). The summed E-state index contributed by atoms with van der Waals surface area (Å²) in [5.41, 5.74) is 1.91. The molecule has 2 heterocycles. The number of amides is 1. The van der Waals surface area contributed by atoms with Crippen LogP contribution in [0.4, 0.5) is 0 Å². The zero-order chi connectivity index (χ0) is 18.4. The Morgan fingerprint density at radius 2 is 1.85 bits per heavy atom. The predicted molar refractivity (Wildman–Crippen MR) is 101 cm³/mol. The Bertz CT molecular complexity index is 1300. The lowest BCUT2D eigenvalue weighted by molar-refractivity contribution is 0.100. The highest BCUT2D eigenvalue weighted by Crippen LogP contribution is 2.20. The van der Waals surface area contributed by atoms with Crippen LogP contribution in [0.3, 0.4) is 0 Å². The van der Waals surface area contributed by atoms with Crippen molar-refractivity contribution < 1.29 is 4.79 Å². The Balaban J connectivity index is 1.77. The number of benzene rings is 2. The van der Waals surface area contributed by atoms with Gasteiger partial charge in [0.1, 0.15) is 5.69 Å². The minimum absolute atomic E-state index is 0.180. The van der Waals surface area contributed by atoms with Crippen molar-refractivity contribution in [2.75, 3.05) is 5.43 Å². The van der Waals surface area contributed by atoms with Gasteiger partial charge in [-0.2, -0.15) is 4.68 Å². The zero-order valence-electron chi connectivity index (χ0n) is 13.0. The number of hydrogen-bond donors (Lipinski definition) is 3. The molecule has 0 saturated carbocycles. The second-order valence-corrected chi connectivity index (χ2v) is 6.43. The Morgan fingerprint density at radius 3 is 2.65 bits per heavy atom. The maximum atomic E-state index is 12.5. The van der Waals surface area contributed by atoms with Crippen molar-refractivity contribution in [3.8, 4) is 0 Å². The van der Waals surface area contributed by atoms with Crippen LogP contribution in [-0.2, 0) is 0 Å². The van der Waals surface area contributed by atoms with Gasteiger partial charge in [-0.05, 0) is 36.4 Å². The summed E-state index contributed by atoms with van der Waals surface area (Å²) in [5, 5.41) is 1.68. The topological polar surface area (TPSA) is 99.8 Å². The normalized spacial score (nSPS) is 11.2. The number of rotatable bonds is 2. The Hall–Kier alpha value is -3.03. The number of hydrogen-bond acceptors (Lipinski definition) is 3. The predicted octanol–water partition coefficient (Wildman–Crippen LogP) is 2.86. The van der Waals surface area contributed by atoms with Crippen LogP contribution in [0.2, 0.25) is 10.0 Å². The number of carbonyl (C=O) groups is 1. The van der Waals surface area contributed by atoms with Gasteiger partial charge in [0.05, 0.1) is 15.9 Å². The highest BCUT2D eigenvalue weighted by atomic mass is 35.5. The van der Waals surface area contributed by atoms with E-state index in [-0.39, 0.29) is 21.6 Å². The van der Waals surface area contributed by atoms with E-state index in [0.717, 1.165) is 5.39 Å². The molecule has 1 amide bonds. The molecule has 0 bridgehead atoms. The van der Waals surface area contributed by atoms with Gasteiger partial charge in [0, 0.05) is 15.9 Å². The minimum Gasteiger partial charge on any atom is -0.350 e. The smallest absolute Gasteiger partial charge is 0.348 e. The third-order valence-corrected chi connectivity index (χ3v) is 4.47. The van der Waals surface area contributed by atoms with Crippen LogP contribution < -0.4 is 16.7 Å². The van der Waals surface area contributed by atoms with Gasteiger partial charge in [0.25, 0.3) is 11.5 Å². The van der Waals surface area contributed by atoms with Crippen LogP contribution in [0.1, 0.15) is 10.5 Å². The van der Waals surface area contributed by atoms with Crippen molar-refractivity contribution in [3.63, 3.8) is 0 Å². The summed E-state index contributed by atoms with van der Waals surface area (Å²) in [7, 11) is 0. The molecular weight excluding hydrogens is 379 g/mol. The first-order valence-electron chi connectivity index (χ1n) is 7.47. The Kier molecular flexibility index (Phi) is 3.82. The lowest BCUT2D eigenvalue weighted by Gasteiger charge is -2.08. The summed E-state index contributed by atoms with van der Waals surface area (Å²) < 4.78 is 0.611. The summed E-state index contributed by atoms with van der Waals surface area (Å²) in [6, 6.07) is 11.3. The monoisotopic (exact) mass is 388 g/mol. The van der Waals surface area contributed by atoms with Crippen molar-refractivity contribution in [2.45, 2.75) is 0 Å². The molecule has 0 aliphatic carbocycles. The maximum Gasteiger partial charge on any atom is 0.348 e. The quantitative estimate of drug-likeness (QED) is 0.492. The fourth-order valence-corrected chi connectivity index (χ4v) is 3.10. The van der Waals surface area contributed by atoms with Crippen molar-refractivity contribution in [1.82, 2.24) is 14.6 Å². The average Bonchev–Trinajstić information content (AvgIpc) is 3.02. The maximum absolute atomic E-state index is 12.5. The molecule has 2 aromatic heterocycles. The highest BCUT2D eigenvalue weighted by molar-refractivity contribution is 6.35. The zero-order valence-corrected chi connectivity index (χ0v) is 14.5. The number of carbonyl (C=O) groups excluding carboxylic acids is 1. The number of H-pyrrole nitrogens is 2. The van der Waals surface area contributed by atoms with E-state index in [4.69, 9.17) is 23.2 Å². The molecule has 0 saturated heterocycles. The molecule has 0 radical (unpaired) electrons. The number of nitrogens with zero attached hydrogens (tertiary/aromatic N) is 1. The molecular formula is C17H10Cl2N4O3. The second kappa shape index (κ2) is 6.05. The molecule has 0 fully saturated rings. The van der Waals surface area contributed by atoms with Gasteiger partial charge in [-0.15, -0.1) is 0 Å². The van der Waals surface area contributed by atoms with Crippen LogP contribution >= 0.6 is 23.2 Å². The highest BCUT2D eigenvalue weighted by Gasteiger charge is 2.15. The van der Waals surface area contributed by atoms with Crippen LogP contribution in [0, 0.1) is 0 Å². The first-order valence-corrected chi connectivity index (χ1v) is 8.23. The van der Waals surface area contributed by atoms with E-state index >= 15 is 0 Å². The van der Waals surface area contributed by atoms with Gasteiger partial charge >= 0.3 is 5.69 Å². The first-order chi connectivity index (χ1) is 12.4. The molecule has 2 aromatic carbocycles. The van der Waals surface area contributed by atoms with Gasteiger partial charge in [0.2, 0.25) is 0 Å². The van der Waals surface area contributed by atoms with Crippen molar-refractivity contribution in [1.29, 1.82) is 0 Å². The van der Waals surface area contributed by atoms with E-state index in [2.05, 4.69) is 15.4 Å². The van der Waals surface area contributed by atoms with Crippen molar-refractivity contribution in [2.24, 2.45) is 0 Å². The largest absolute Gasteiger partial charge is 0.350 e. The number of aromatic amines is 2. The molecule has 9 heteroatoms. The molecule has 4 aromatic rings. The minimum atomic E-state index is -0.803. The Labute approximate surface area is 155 Å². The fourth-order valence-electron chi connectivity index (χ4n) is 2.69. The molecule has 130 valence electrons. The summed E-state index contributed by atoms with van der Waals surface area (Å²) in [6.07, 6.45) is 0. The molecule has 0 atom stereocenters. The molecule has 0 aliphatic rings. The van der Waals surface area contributed by atoms with Crippen molar-refractivity contribution >= 4 is 50.9 Å². The van der Waals surface area contributed by atoms with Gasteiger partial charge in [-0.1, -0.05) is 29.3 Å². The number of halogens is 2. The van der Waals surface area contributed by atoms with Gasteiger partial charge in [-0.25, -0.2) is 4.79 Å². The molecule has 0 unspecified atom stereocenters. The van der Waals surface area contributed by atoms with E-state index in [1.54, 1.807) is 36.4 Å². The summed E-state index contributed by atoms with van der Waals surface area (Å²) in [4.78, 5) is 42.6. The first kappa shape index (κ1) is 16.4. The van der Waals surface area contributed by atoms with Crippen LogP contribution in [0.5, 0.6) is 0 Å². The van der Waals surface area contributed by atoms with E-state index < -0.39 is 17.2 Å². The van der Waals surface area contributed by atoms with E-state index in [1.807, 2.05) is 0 Å². The number of fused-ring (bicyclic) bond motifs is 2. The molecule has 0 spiro atoms. The summed E-state index contributed by atoms with van der Waals surface area (Å²) >= 11 is 11.9. The standard InChI is InChI=1S/C17H10Cl2N4O3/c18-9-4-5-12-8(6-9)7-13(20-12)15(24)22-23-16(25)10-2-1-3-11(19)14(10)21-17(23)26/h1-7,20H,(H,21,26)(H,22,24). The van der Waals surface area contributed by atoms with Gasteiger partial charge < -0.3 is 9.97 Å². The summed E-state index contributed by atoms with van der Waals surface area (Å²) in [5.74, 6) is -0.647. The van der Waals surface area contributed by atoms with E-state index in [0.29, 0.717) is 15.2 Å².